The number of nitrogens with one attached hydrogen (secondary N) is 1. The third-order valence-corrected chi connectivity index (χ3v) is 2.92. The lowest BCUT2D eigenvalue weighted by atomic mass is 9.82. The third kappa shape index (κ3) is 1.73. The van der Waals surface area contributed by atoms with E-state index >= 15 is 0 Å². The number of H-pyrrole nitrogens is 1. The van der Waals surface area contributed by atoms with Crippen molar-refractivity contribution in [1.82, 2.24) is 9.97 Å². The van der Waals surface area contributed by atoms with Crippen molar-refractivity contribution in [2.45, 2.75) is 46.0 Å². The molecule has 2 aromatic heterocycles. The summed E-state index contributed by atoms with van der Waals surface area (Å²) in [5, 5.41) is 1.20. The molecule has 2 heteroatoms. The molecule has 2 rings (SSSR count). The first-order valence-electron chi connectivity index (χ1n) is 5.87. The van der Waals surface area contributed by atoms with Crippen LogP contribution in [0.1, 0.15) is 51.8 Å². The van der Waals surface area contributed by atoms with Crippen LogP contribution in [0.4, 0.5) is 0 Å². The highest BCUT2D eigenvalue weighted by molar-refractivity contribution is 5.83. The largest absolute Gasteiger partial charge is 0.361 e. The Hall–Kier alpha value is -1.31. The lowest BCUT2D eigenvalue weighted by Gasteiger charge is -2.24. The van der Waals surface area contributed by atoms with E-state index in [9.17, 15) is 0 Å². The van der Waals surface area contributed by atoms with E-state index in [0.717, 1.165) is 0 Å². The molecular formula is C14H20N2. The number of nitrogens with zero attached hydrogens (tertiary/aromatic N) is 1. The monoisotopic (exact) mass is 216 g/mol. The van der Waals surface area contributed by atoms with Crippen molar-refractivity contribution in [3.05, 3.63) is 29.7 Å². The number of hydrogen-bond donors (Lipinski definition) is 1. The van der Waals surface area contributed by atoms with Crippen LogP contribution in [-0.2, 0) is 5.41 Å². The second-order valence-corrected chi connectivity index (χ2v) is 5.73. The minimum atomic E-state index is 0.122. The summed E-state index contributed by atoms with van der Waals surface area (Å²) >= 11 is 0. The van der Waals surface area contributed by atoms with Gasteiger partial charge in [-0.15, -0.1) is 0 Å². The van der Waals surface area contributed by atoms with Crippen LogP contribution >= 0.6 is 0 Å². The van der Waals surface area contributed by atoms with Crippen molar-refractivity contribution >= 4 is 10.9 Å². The third-order valence-electron chi connectivity index (χ3n) is 2.92. The highest BCUT2D eigenvalue weighted by Crippen LogP contribution is 2.34. The molecule has 0 aromatic carbocycles. The zero-order valence-corrected chi connectivity index (χ0v) is 10.8. The maximum absolute atomic E-state index is 4.63. The van der Waals surface area contributed by atoms with Gasteiger partial charge in [0.25, 0.3) is 0 Å². The molecule has 0 bridgehead atoms. The topological polar surface area (TPSA) is 28.7 Å². The van der Waals surface area contributed by atoms with Gasteiger partial charge in [-0.05, 0) is 17.4 Å². The molecule has 1 N–H and O–H groups in total. The molecule has 2 heterocycles. The molecule has 0 saturated carbocycles. The van der Waals surface area contributed by atoms with E-state index in [1.54, 1.807) is 0 Å². The SMILES string of the molecule is CC(C)c1ncc2cc[nH]c2c1C(C)(C)C. The minimum Gasteiger partial charge on any atom is -0.361 e. The summed E-state index contributed by atoms with van der Waals surface area (Å²) in [7, 11) is 0. The molecule has 0 aliphatic rings. The molecule has 0 spiro atoms. The molecule has 0 aliphatic carbocycles. The Morgan fingerprint density at radius 2 is 1.94 bits per heavy atom. The maximum atomic E-state index is 4.63. The number of pyridine rings is 1. The predicted octanol–water partition coefficient (Wildman–Crippen LogP) is 3.98. The lowest BCUT2D eigenvalue weighted by molar-refractivity contribution is 0.576. The van der Waals surface area contributed by atoms with E-state index in [0.29, 0.717) is 5.92 Å². The number of hydrogen-bond acceptors (Lipinski definition) is 1. The van der Waals surface area contributed by atoms with Crippen LogP contribution in [0.15, 0.2) is 18.5 Å². The Morgan fingerprint density at radius 1 is 1.25 bits per heavy atom. The molecule has 0 unspecified atom stereocenters. The number of aromatic amines is 1. The van der Waals surface area contributed by atoms with E-state index in [1.165, 1.54) is 22.2 Å². The molecule has 0 fully saturated rings. The first-order chi connectivity index (χ1) is 7.41. The van der Waals surface area contributed by atoms with Gasteiger partial charge in [-0.25, -0.2) is 0 Å². The Bertz CT molecular complexity index is 501. The Labute approximate surface area is 97.1 Å². The van der Waals surface area contributed by atoms with Crippen molar-refractivity contribution in [3.63, 3.8) is 0 Å². The summed E-state index contributed by atoms with van der Waals surface area (Å²) in [6.45, 7) is 11.1. The molecule has 2 aromatic rings. The van der Waals surface area contributed by atoms with E-state index in [2.05, 4.69) is 50.7 Å². The average molecular weight is 216 g/mol. The van der Waals surface area contributed by atoms with E-state index in [-0.39, 0.29) is 5.41 Å². The van der Waals surface area contributed by atoms with Gasteiger partial charge in [0.2, 0.25) is 0 Å². The van der Waals surface area contributed by atoms with Crippen LogP contribution < -0.4 is 0 Å². The fraction of sp³-hybridized carbons (Fsp3) is 0.500. The van der Waals surface area contributed by atoms with Gasteiger partial charge < -0.3 is 4.98 Å². The van der Waals surface area contributed by atoms with Gasteiger partial charge in [-0.2, -0.15) is 0 Å². The van der Waals surface area contributed by atoms with Crippen LogP contribution in [-0.4, -0.2) is 9.97 Å². The molecular weight excluding hydrogens is 196 g/mol. The van der Waals surface area contributed by atoms with Crippen LogP contribution in [0.2, 0.25) is 0 Å². The minimum absolute atomic E-state index is 0.122. The van der Waals surface area contributed by atoms with Gasteiger partial charge in [-0.3, -0.25) is 4.98 Å². The van der Waals surface area contributed by atoms with Crippen LogP contribution in [0.3, 0.4) is 0 Å². The van der Waals surface area contributed by atoms with E-state index < -0.39 is 0 Å². The summed E-state index contributed by atoms with van der Waals surface area (Å²) in [6, 6.07) is 2.08. The van der Waals surface area contributed by atoms with Crippen molar-refractivity contribution in [2.75, 3.05) is 0 Å². The number of rotatable bonds is 1. The van der Waals surface area contributed by atoms with Gasteiger partial charge >= 0.3 is 0 Å². The standard InChI is InChI=1S/C14H20N2/c1-9(2)12-11(14(3,4)5)13-10(8-16-12)6-7-15-13/h6-9,15H,1-5H3. The summed E-state index contributed by atoms with van der Waals surface area (Å²) < 4.78 is 0. The first kappa shape index (κ1) is 11.2. The fourth-order valence-electron chi connectivity index (χ4n) is 2.23. The van der Waals surface area contributed by atoms with Crippen molar-refractivity contribution in [3.8, 4) is 0 Å². The molecule has 0 amide bonds. The summed E-state index contributed by atoms with van der Waals surface area (Å²) in [5.74, 6) is 0.460. The molecule has 0 atom stereocenters. The zero-order chi connectivity index (χ0) is 11.9. The van der Waals surface area contributed by atoms with Crippen molar-refractivity contribution in [2.24, 2.45) is 0 Å². The Morgan fingerprint density at radius 3 is 2.50 bits per heavy atom. The zero-order valence-electron chi connectivity index (χ0n) is 10.8. The second kappa shape index (κ2) is 3.62. The normalized spacial score (nSPS) is 12.6. The average Bonchev–Trinajstić information content (AvgIpc) is 2.61. The van der Waals surface area contributed by atoms with Crippen LogP contribution in [0, 0.1) is 0 Å². The summed E-state index contributed by atoms with van der Waals surface area (Å²) in [4.78, 5) is 7.98. The van der Waals surface area contributed by atoms with Gasteiger partial charge in [0, 0.05) is 29.0 Å². The maximum Gasteiger partial charge on any atom is 0.0525 e. The van der Waals surface area contributed by atoms with Crippen LogP contribution in [0.5, 0.6) is 0 Å². The van der Waals surface area contributed by atoms with Crippen molar-refractivity contribution in [1.29, 1.82) is 0 Å². The Balaban J connectivity index is 2.81. The van der Waals surface area contributed by atoms with Gasteiger partial charge in [0.15, 0.2) is 0 Å². The molecule has 0 aliphatic heterocycles. The van der Waals surface area contributed by atoms with Gasteiger partial charge in [-0.1, -0.05) is 34.6 Å². The fourth-order valence-corrected chi connectivity index (χ4v) is 2.23. The smallest absolute Gasteiger partial charge is 0.0525 e. The lowest BCUT2D eigenvalue weighted by Crippen LogP contribution is -2.17. The number of aromatic nitrogens is 2. The highest BCUT2D eigenvalue weighted by Gasteiger charge is 2.23. The molecule has 0 saturated heterocycles. The predicted molar refractivity (Wildman–Crippen MR) is 68.9 cm³/mol. The molecule has 0 radical (unpaired) electrons. The molecule has 86 valence electrons. The first-order valence-corrected chi connectivity index (χ1v) is 5.87. The van der Waals surface area contributed by atoms with Crippen LogP contribution in [0.25, 0.3) is 10.9 Å². The highest BCUT2D eigenvalue weighted by atomic mass is 14.7. The van der Waals surface area contributed by atoms with Gasteiger partial charge in [0.1, 0.15) is 0 Å². The number of fused-ring (bicyclic) bond motifs is 1. The second-order valence-electron chi connectivity index (χ2n) is 5.73. The quantitative estimate of drug-likeness (QED) is 0.767. The van der Waals surface area contributed by atoms with E-state index in [1.807, 2.05) is 12.4 Å². The summed E-state index contributed by atoms with van der Waals surface area (Å²) in [6.07, 6.45) is 3.96. The summed E-state index contributed by atoms with van der Waals surface area (Å²) in [5.41, 5.74) is 3.93. The molecule has 2 nitrogen and oxygen atoms in total. The van der Waals surface area contributed by atoms with Crippen molar-refractivity contribution < 1.29 is 0 Å². The Kier molecular flexibility index (Phi) is 2.53. The van der Waals surface area contributed by atoms with E-state index in [4.69, 9.17) is 0 Å². The van der Waals surface area contributed by atoms with Gasteiger partial charge in [0.05, 0.1) is 5.52 Å². The molecule has 16 heavy (non-hydrogen) atoms.